The van der Waals surface area contributed by atoms with E-state index < -0.39 is 0 Å². The number of nitrogens with zero attached hydrogens (tertiary/aromatic N) is 2. The number of anilines is 1. The minimum Gasteiger partial charge on any atom is -0.378 e. The van der Waals surface area contributed by atoms with Crippen LogP contribution >= 0.6 is 0 Å². The Morgan fingerprint density at radius 3 is 2.31 bits per heavy atom. The van der Waals surface area contributed by atoms with Crippen LogP contribution in [0.2, 0.25) is 0 Å². The minimum atomic E-state index is -0.346. The third-order valence-electron chi connectivity index (χ3n) is 4.27. The van der Waals surface area contributed by atoms with Crippen LogP contribution in [0.25, 0.3) is 0 Å². The maximum absolute atomic E-state index is 13.0. The molecule has 3 N–H and O–H groups in total. The first-order valence-corrected chi connectivity index (χ1v) is 8.48. The predicted octanol–water partition coefficient (Wildman–Crippen LogP) is 1.75. The molecule has 7 heteroatoms. The smallest absolute Gasteiger partial charge is 0.324 e. The second kappa shape index (κ2) is 8.46. The first-order valence-electron chi connectivity index (χ1n) is 8.48. The number of hydrazine groups is 1. The van der Waals surface area contributed by atoms with Gasteiger partial charge in [-0.25, -0.2) is 10.6 Å². The molecule has 1 fully saturated rings. The molecule has 3 rings (SSSR count). The molecule has 26 heavy (non-hydrogen) atoms. The quantitative estimate of drug-likeness (QED) is 0.497. The van der Waals surface area contributed by atoms with Crippen LogP contribution in [0.4, 0.5) is 10.5 Å². The van der Waals surface area contributed by atoms with Crippen molar-refractivity contribution in [3.63, 3.8) is 0 Å². The van der Waals surface area contributed by atoms with Crippen LogP contribution in [0.15, 0.2) is 54.6 Å². The van der Waals surface area contributed by atoms with Gasteiger partial charge in [0.2, 0.25) is 0 Å². The van der Waals surface area contributed by atoms with E-state index in [1.54, 1.807) is 21.9 Å². The summed E-state index contributed by atoms with van der Waals surface area (Å²) in [6.07, 6.45) is 0. The van der Waals surface area contributed by atoms with Gasteiger partial charge in [0.1, 0.15) is 0 Å². The van der Waals surface area contributed by atoms with Crippen molar-refractivity contribution in [2.24, 2.45) is 5.84 Å². The first-order chi connectivity index (χ1) is 12.7. The number of urea groups is 1. The largest absolute Gasteiger partial charge is 0.378 e. The number of hydrogen-bond donors (Lipinski definition) is 2. The molecular weight excluding hydrogens is 332 g/mol. The molecule has 0 saturated carbocycles. The molecule has 1 aliphatic rings. The molecule has 0 atom stereocenters. The highest BCUT2D eigenvalue weighted by atomic mass is 16.5. The molecule has 1 aliphatic heterocycles. The highest BCUT2D eigenvalue weighted by molar-refractivity contribution is 5.94. The lowest BCUT2D eigenvalue weighted by molar-refractivity contribution is 0.0548. The molecule has 0 unspecified atom stereocenters. The average molecular weight is 354 g/mol. The normalized spacial score (nSPS) is 14.0. The van der Waals surface area contributed by atoms with E-state index in [9.17, 15) is 9.59 Å². The molecule has 7 nitrogen and oxygen atoms in total. The second-order valence-electron chi connectivity index (χ2n) is 5.97. The second-order valence-corrected chi connectivity index (χ2v) is 5.97. The standard InChI is InChI=1S/C19H22N4O3/c20-21-18(24)16-8-6-15(7-9-16)14-23(17-4-2-1-3-5-17)19(25)22-10-12-26-13-11-22/h1-9H,10-14,20H2,(H,21,24). The van der Waals surface area contributed by atoms with Crippen molar-refractivity contribution in [1.29, 1.82) is 0 Å². The number of nitrogens with one attached hydrogen (secondary N) is 1. The maximum atomic E-state index is 13.0. The Hall–Kier alpha value is -2.90. The summed E-state index contributed by atoms with van der Waals surface area (Å²) in [7, 11) is 0. The van der Waals surface area contributed by atoms with Crippen LogP contribution in [-0.2, 0) is 11.3 Å². The van der Waals surface area contributed by atoms with Crippen molar-refractivity contribution in [2.75, 3.05) is 31.2 Å². The summed E-state index contributed by atoms with van der Waals surface area (Å²) >= 11 is 0. The molecule has 136 valence electrons. The molecule has 3 amide bonds. The predicted molar refractivity (Wildman–Crippen MR) is 98.5 cm³/mol. The van der Waals surface area contributed by atoms with E-state index in [1.807, 2.05) is 42.5 Å². The van der Waals surface area contributed by atoms with E-state index in [0.29, 0.717) is 38.4 Å². The van der Waals surface area contributed by atoms with E-state index in [0.717, 1.165) is 11.3 Å². The van der Waals surface area contributed by atoms with Gasteiger partial charge in [0.15, 0.2) is 0 Å². The Morgan fingerprint density at radius 2 is 1.69 bits per heavy atom. The Bertz CT molecular complexity index is 743. The van der Waals surface area contributed by atoms with Gasteiger partial charge in [0.05, 0.1) is 19.8 Å². The number of hydrogen-bond acceptors (Lipinski definition) is 4. The van der Waals surface area contributed by atoms with Gasteiger partial charge in [-0.3, -0.25) is 15.1 Å². The number of nitrogens with two attached hydrogens (primary N) is 1. The van der Waals surface area contributed by atoms with Gasteiger partial charge in [-0.1, -0.05) is 30.3 Å². The van der Waals surface area contributed by atoms with Crippen LogP contribution in [0.5, 0.6) is 0 Å². The minimum absolute atomic E-state index is 0.0525. The third kappa shape index (κ3) is 4.19. The van der Waals surface area contributed by atoms with Crippen LogP contribution in [0.1, 0.15) is 15.9 Å². The summed E-state index contributed by atoms with van der Waals surface area (Å²) < 4.78 is 5.34. The molecule has 1 saturated heterocycles. The number of rotatable bonds is 4. The Labute approximate surface area is 152 Å². The van der Waals surface area contributed by atoms with Gasteiger partial charge in [-0.15, -0.1) is 0 Å². The zero-order chi connectivity index (χ0) is 18.4. The van der Waals surface area contributed by atoms with E-state index in [2.05, 4.69) is 5.43 Å². The summed E-state index contributed by atoms with van der Waals surface area (Å²) in [5.41, 5.74) is 4.33. The number of carbonyl (C=O) groups is 2. The van der Waals surface area contributed by atoms with E-state index in [1.165, 1.54) is 0 Å². The SMILES string of the molecule is NNC(=O)c1ccc(CN(C(=O)N2CCOCC2)c2ccccc2)cc1. The lowest BCUT2D eigenvalue weighted by atomic mass is 10.1. The van der Waals surface area contributed by atoms with Gasteiger partial charge in [-0.2, -0.15) is 0 Å². The lowest BCUT2D eigenvalue weighted by Crippen LogP contribution is -2.48. The number of carbonyl (C=O) groups excluding carboxylic acids is 2. The van der Waals surface area contributed by atoms with Crippen molar-refractivity contribution >= 4 is 17.6 Å². The zero-order valence-electron chi connectivity index (χ0n) is 14.4. The van der Waals surface area contributed by atoms with E-state index in [4.69, 9.17) is 10.6 Å². The molecular formula is C19H22N4O3. The van der Waals surface area contributed by atoms with Crippen molar-refractivity contribution in [2.45, 2.75) is 6.54 Å². The van der Waals surface area contributed by atoms with Gasteiger partial charge >= 0.3 is 6.03 Å². The van der Waals surface area contributed by atoms with E-state index in [-0.39, 0.29) is 11.9 Å². The zero-order valence-corrected chi connectivity index (χ0v) is 14.4. The monoisotopic (exact) mass is 354 g/mol. The van der Waals surface area contributed by atoms with Crippen molar-refractivity contribution < 1.29 is 14.3 Å². The highest BCUT2D eigenvalue weighted by Crippen LogP contribution is 2.20. The molecule has 0 aliphatic carbocycles. The molecule has 0 bridgehead atoms. The molecule has 1 heterocycles. The fourth-order valence-corrected chi connectivity index (χ4v) is 2.83. The fraction of sp³-hybridized carbons (Fsp3) is 0.263. The number of morpholine rings is 1. The fourth-order valence-electron chi connectivity index (χ4n) is 2.83. The molecule has 0 spiro atoms. The Morgan fingerprint density at radius 1 is 1.04 bits per heavy atom. The number of para-hydroxylation sites is 1. The summed E-state index contributed by atoms with van der Waals surface area (Å²) in [6, 6.07) is 16.5. The number of amides is 3. The van der Waals surface area contributed by atoms with Crippen LogP contribution in [0, 0.1) is 0 Å². The number of nitrogen functional groups attached to an aromatic ring is 1. The molecule has 0 aromatic heterocycles. The Balaban J connectivity index is 1.81. The number of ether oxygens (including phenoxy) is 1. The van der Waals surface area contributed by atoms with Crippen molar-refractivity contribution in [1.82, 2.24) is 10.3 Å². The van der Waals surface area contributed by atoms with E-state index >= 15 is 0 Å². The molecule has 0 radical (unpaired) electrons. The topological polar surface area (TPSA) is 87.9 Å². The number of benzene rings is 2. The van der Waals surface area contributed by atoms with Crippen molar-refractivity contribution in [3.8, 4) is 0 Å². The summed E-state index contributed by atoms with van der Waals surface area (Å²) in [5, 5.41) is 0. The Kier molecular flexibility index (Phi) is 5.83. The summed E-state index contributed by atoms with van der Waals surface area (Å²) in [6.45, 7) is 2.68. The van der Waals surface area contributed by atoms with Crippen LogP contribution in [0.3, 0.4) is 0 Å². The summed E-state index contributed by atoms with van der Waals surface area (Å²) in [4.78, 5) is 28.1. The maximum Gasteiger partial charge on any atom is 0.324 e. The third-order valence-corrected chi connectivity index (χ3v) is 4.27. The van der Waals surface area contributed by atoms with Crippen LogP contribution < -0.4 is 16.2 Å². The lowest BCUT2D eigenvalue weighted by Gasteiger charge is -2.33. The van der Waals surface area contributed by atoms with Gasteiger partial charge in [-0.05, 0) is 29.8 Å². The average Bonchev–Trinajstić information content (AvgIpc) is 2.72. The van der Waals surface area contributed by atoms with Gasteiger partial charge < -0.3 is 9.64 Å². The molecule has 2 aromatic rings. The highest BCUT2D eigenvalue weighted by Gasteiger charge is 2.24. The van der Waals surface area contributed by atoms with Gasteiger partial charge in [0, 0.05) is 24.3 Å². The summed E-state index contributed by atoms with van der Waals surface area (Å²) in [5.74, 6) is 4.81. The van der Waals surface area contributed by atoms with Crippen LogP contribution in [-0.4, -0.2) is 43.1 Å². The van der Waals surface area contributed by atoms with Gasteiger partial charge in [0.25, 0.3) is 5.91 Å². The molecule has 2 aromatic carbocycles. The van der Waals surface area contributed by atoms with Crippen molar-refractivity contribution in [3.05, 3.63) is 65.7 Å². The first kappa shape index (κ1) is 17.9.